The van der Waals surface area contributed by atoms with Gasteiger partial charge in [-0.15, -0.1) is 0 Å². The Kier molecular flexibility index (Phi) is 5.81. The minimum absolute atomic E-state index is 0.281. The van der Waals surface area contributed by atoms with E-state index in [1.807, 2.05) is 11.9 Å². The molecule has 1 heterocycles. The van der Waals surface area contributed by atoms with Crippen LogP contribution in [0, 0.1) is 5.92 Å². The van der Waals surface area contributed by atoms with Crippen LogP contribution in [-0.4, -0.2) is 48.9 Å². The first-order chi connectivity index (χ1) is 7.63. The second kappa shape index (κ2) is 6.89. The topological polar surface area (TPSA) is 23.6 Å². The highest BCUT2D eigenvalue weighted by Gasteiger charge is 2.19. The Bertz CT molecular complexity index is 210. The average molecular weight is 226 g/mol. The van der Waals surface area contributed by atoms with E-state index in [-0.39, 0.29) is 5.91 Å². The summed E-state index contributed by atoms with van der Waals surface area (Å²) in [6.45, 7) is 8.16. The van der Waals surface area contributed by atoms with E-state index >= 15 is 0 Å². The van der Waals surface area contributed by atoms with E-state index in [4.69, 9.17) is 0 Å². The van der Waals surface area contributed by atoms with Crippen molar-refractivity contribution in [3.63, 3.8) is 0 Å². The van der Waals surface area contributed by atoms with E-state index in [0.717, 1.165) is 38.4 Å². The first-order valence-corrected chi connectivity index (χ1v) is 6.59. The van der Waals surface area contributed by atoms with Crippen LogP contribution in [0.5, 0.6) is 0 Å². The smallest absolute Gasteiger partial charge is 0.236 e. The molecule has 0 bridgehead atoms. The molecule has 3 nitrogen and oxygen atoms in total. The maximum Gasteiger partial charge on any atom is 0.236 e. The van der Waals surface area contributed by atoms with Gasteiger partial charge in [-0.1, -0.05) is 20.3 Å². The number of unbranched alkanes of at least 4 members (excludes halogenated alkanes) is 1. The molecule has 0 saturated carbocycles. The second-order valence-corrected chi connectivity index (χ2v) is 5.13. The molecule has 0 aromatic heterocycles. The molecule has 0 aromatic carbocycles. The summed E-state index contributed by atoms with van der Waals surface area (Å²) in [5.41, 5.74) is 0. The fourth-order valence-electron chi connectivity index (χ4n) is 2.05. The van der Waals surface area contributed by atoms with Gasteiger partial charge in [0.15, 0.2) is 0 Å². The van der Waals surface area contributed by atoms with Gasteiger partial charge < -0.3 is 4.90 Å². The van der Waals surface area contributed by atoms with E-state index in [9.17, 15) is 4.79 Å². The molecule has 1 fully saturated rings. The van der Waals surface area contributed by atoms with Gasteiger partial charge in [0, 0.05) is 13.6 Å². The van der Waals surface area contributed by atoms with Crippen molar-refractivity contribution in [2.24, 2.45) is 5.92 Å². The van der Waals surface area contributed by atoms with Crippen molar-refractivity contribution in [1.29, 1.82) is 0 Å². The van der Waals surface area contributed by atoms with Crippen molar-refractivity contribution < 1.29 is 4.79 Å². The van der Waals surface area contributed by atoms with Crippen molar-refractivity contribution in [2.45, 2.75) is 39.5 Å². The van der Waals surface area contributed by atoms with Crippen LogP contribution in [0.25, 0.3) is 0 Å². The van der Waals surface area contributed by atoms with E-state index in [0.29, 0.717) is 6.54 Å². The highest BCUT2D eigenvalue weighted by Crippen LogP contribution is 2.15. The Morgan fingerprint density at radius 1 is 1.38 bits per heavy atom. The molecule has 3 heteroatoms. The quantitative estimate of drug-likeness (QED) is 0.715. The molecule has 0 spiro atoms. The minimum Gasteiger partial charge on any atom is -0.345 e. The zero-order chi connectivity index (χ0) is 12.0. The van der Waals surface area contributed by atoms with Gasteiger partial charge in [-0.2, -0.15) is 0 Å². The van der Waals surface area contributed by atoms with Gasteiger partial charge in [-0.25, -0.2) is 0 Å². The lowest BCUT2D eigenvalue weighted by molar-refractivity contribution is -0.131. The molecule has 0 aliphatic carbocycles. The van der Waals surface area contributed by atoms with Crippen LogP contribution >= 0.6 is 0 Å². The molecule has 0 aromatic rings. The van der Waals surface area contributed by atoms with E-state index in [1.54, 1.807) is 0 Å². The number of amides is 1. The van der Waals surface area contributed by atoms with Crippen LogP contribution in [0.3, 0.4) is 0 Å². The molecule has 16 heavy (non-hydrogen) atoms. The van der Waals surface area contributed by atoms with Crippen LogP contribution in [0.4, 0.5) is 0 Å². The summed E-state index contributed by atoms with van der Waals surface area (Å²) in [6.07, 6.45) is 4.75. The highest BCUT2D eigenvalue weighted by atomic mass is 16.2. The van der Waals surface area contributed by atoms with Crippen molar-refractivity contribution in [1.82, 2.24) is 9.80 Å². The molecule has 94 valence electrons. The summed E-state index contributed by atoms with van der Waals surface area (Å²) in [4.78, 5) is 16.1. The second-order valence-electron chi connectivity index (χ2n) is 5.13. The Balaban J connectivity index is 2.22. The normalized spacial score (nSPS) is 18.7. The van der Waals surface area contributed by atoms with E-state index in [2.05, 4.69) is 18.7 Å². The molecule has 0 unspecified atom stereocenters. The number of likely N-dealkylation sites (N-methyl/N-ethyl adjacent to an activating group) is 1. The predicted octanol–water partition coefficient (Wildman–Crippen LogP) is 1.98. The Hall–Kier alpha value is -0.570. The van der Waals surface area contributed by atoms with Crippen molar-refractivity contribution in [3.05, 3.63) is 0 Å². The van der Waals surface area contributed by atoms with Gasteiger partial charge in [-0.3, -0.25) is 9.69 Å². The molecule has 0 atom stereocenters. The van der Waals surface area contributed by atoms with Gasteiger partial charge in [0.2, 0.25) is 5.91 Å². The maximum absolute atomic E-state index is 11.9. The third kappa shape index (κ3) is 4.52. The summed E-state index contributed by atoms with van der Waals surface area (Å²) in [7, 11) is 1.92. The number of piperidine rings is 1. The maximum atomic E-state index is 11.9. The lowest BCUT2D eigenvalue weighted by atomic mass is 9.99. The molecule has 0 N–H and O–H groups in total. The van der Waals surface area contributed by atoms with Gasteiger partial charge in [0.1, 0.15) is 0 Å². The van der Waals surface area contributed by atoms with Gasteiger partial charge in [0.25, 0.3) is 0 Å². The monoisotopic (exact) mass is 226 g/mol. The molecule has 1 rings (SSSR count). The highest BCUT2D eigenvalue weighted by molar-refractivity contribution is 5.77. The predicted molar refractivity (Wildman–Crippen MR) is 67.4 cm³/mol. The van der Waals surface area contributed by atoms with Crippen LogP contribution in [0.2, 0.25) is 0 Å². The lowest BCUT2D eigenvalue weighted by Crippen LogP contribution is -2.42. The summed E-state index contributed by atoms with van der Waals surface area (Å²) >= 11 is 0. The summed E-state index contributed by atoms with van der Waals surface area (Å²) in [5, 5.41) is 0. The minimum atomic E-state index is 0.281. The molecule has 1 saturated heterocycles. The fraction of sp³-hybridized carbons (Fsp3) is 0.923. The van der Waals surface area contributed by atoms with Crippen LogP contribution in [-0.2, 0) is 4.79 Å². The molecular weight excluding hydrogens is 200 g/mol. The number of rotatable bonds is 5. The average Bonchev–Trinajstić information content (AvgIpc) is 2.29. The number of nitrogens with zero attached hydrogens (tertiary/aromatic N) is 2. The van der Waals surface area contributed by atoms with Crippen LogP contribution in [0.1, 0.15) is 39.5 Å². The Morgan fingerprint density at radius 2 is 2.00 bits per heavy atom. The number of carbonyl (C=O) groups excluding carboxylic acids is 1. The molecular formula is C13H26N2O. The van der Waals surface area contributed by atoms with Crippen molar-refractivity contribution in [2.75, 3.05) is 33.2 Å². The van der Waals surface area contributed by atoms with Gasteiger partial charge >= 0.3 is 0 Å². The zero-order valence-corrected chi connectivity index (χ0v) is 11.0. The first-order valence-electron chi connectivity index (χ1n) is 6.59. The number of hydrogen-bond donors (Lipinski definition) is 0. The number of hydrogen-bond acceptors (Lipinski definition) is 2. The molecule has 0 radical (unpaired) electrons. The SMILES string of the molecule is CCCCN(C)C(=O)CN1CCC(C)CC1. The van der Waals surface area contributed by atoms with Crippen molar-refractivity contribution in [3.8, 4) is 0 Å². The largest absolute Gasteiger partial charge is 0.345 e. The molecule has 1 aliphatic rings. The summed E-state index contributed by atoms with van der Waals surface area (Å²) in [6, 6.07) is 0. The molecule has 1 aliphatic heterocycles. The van der Waals surface area contributed by atoms with Gasteiger partial charge in [0.05, 0.1) is 6.54 Å². The Labute approximate surface area is 99.8 Å². The molecule has 1 amide bonds. The number of likely N-dealkylation sites (tertiary alicyclic amines) is 1. The number of carbonyl (C=O) groups is 1. The lowest BCUT2D eigenvalue weighted by Gasteiger charge is -2.30. The van der Waals surface area contributed by atoms with E-state index in [1.165, 1.54) is 12.8 Å². The Morgan fingerprint density at radius 3 is 2.56 bits per heavy atom. The fourth-order valence-corrected chi connectivity index (χ4v) is 2.05. The standard InChI is InChI=1S/C13H26N2O/c1-4-5-8-14(3)13(16)11-15-9-6-12(2)7-10-15/h12H,4-11H2,1-3H3. The summed E-state index contributed by atoms with van der Waals surface area (Å²) < 4.78 is 0. The van der Waals surface area contributed by atoms with Crippen LogP contribution < -0.4 is 0 Å². The third-order valence-electron chi connectivity index (χ3n) is 3.51. The first kappa shape index (κ1) is 13.5. The van der Waals surface area contributed by atoms with E-state index < -0.39 is 0 Å². The summed E-state index contributed by atoms with van der Waals surface area (Å²) in [5.74, 6) is 1.12. The third-order valence-corrected chi connectivity index (χ3v) is 3.51. The van der Waals surface area contributed by atoms with Crippen LogP contribution in [0.15, 0.2) is 0 Å². The van der Waals surface area contributed by atoms with Crippen molar-refractivity contribution >= 4 is 5.91 Å². The zero-order valence-electron chi connectivity index (χ0n) is 11.0. The van der Waals surface area contributed by atoms with Gasteiger partial charge in [-0.05, 0) is 38.3 Å².